The fourth-order valence-corrected chi connectivity index (χ4v) is 3.59. The van der Waals surface area contributed by atoms with Gasteiger partial charge in [0, 0.05) is 17.5 Å². The molecular weight excluding hydrogens is 328 g/mol. The highest BCUT2D eigenvalue weighted by molar-refractivity contribution is 8.00. The molecule has 3 rings (SSSR count). The first kappa shape index (κ1) is 18.1. The van der Waals surface area contributed by atoms with Crippen LogP contribution in [-0.4, -0.2) is 30.8 Å². The summed E-state index contributed by atoms with van der Waals surface area (Å²) < 4.78 is 0. The third-order valence-corrected chi connectivity index (χ3v) is 5.26. The lowest BCUT2D eigenvalue weighted by atomic mass is 9.95. The standard InChI is InChI=1S/C18H22N2OS.ClH/c1-13-8-9-19-11-17(13)20-18(21)12-22-16-7-6-14-4-2-3-5-15(14)10-16;/h2-7,10,13,17,19H,8-9,11-12H2,1H3,(H,20,21);1H. The number of hydrogen-bond acceptors (Lipinski definition) is 3. The van der Waals surface area contributed by atoms with Crippen LogP contribution < -0.4 is 10.6 Å². The molecule has 1 amide bonds. The Labute approximate surface area is 148 Å². The van der Waals surface area contributed by atoms with Gasteiger partial charge in [0.05, 0.1) is 5.75 Å². The molecule has 0 saturated carbocycles. The van der Waals surface area contributed by atoms with Gasteiger partial charge in [-0.2, -0.15) is 0 Å². The number of piperidine rings is 1. The maximum absolute atomic E-state index is 12.1. The van der Waals surface area contributed by atoms with E-state index in [4.69, 9.17) is 0 Å². The molecule has 5 heteroatoms. The number of hydrogen-bond donors (Lipinski definition) is 2. The monoisotopic (exact) mass is 350 g/mol. The Kier molecular flexibility index (Phi) is 6.75. The molecule has 0 spiro atoms. The molecule has 1 aliphatic heterocycles. The molecule has 2 aromatic rings. The van der Waals surface area contributed by atoms with Crippen LogP contribution in [-0.2, 0) is 4.79 Å². The Morgan fingerprint density at radius 2 is 2.04 bits per heavy atom. The first-order valence-electron chi connectivity index (χ1n) is 7.84. The van der Waals surface area contributed by atoms with Gasteiger partial charge in [-0.3, -0.25) is 4.79 Å². The van der Waals surface area contributed by atoms with Crippen molar-refractivity contribution in [3.63, 3.8) is 0 Å². The zero-order valence-electron chi connectivity index (χ0n) is 13.2. The van der Waals surface area contributed by atoms with Gasteiger partial charge in [0.1, 0.15) is 0 Å². The summed E-state index contributed by atoms with van der Waals surface area (Å²) >= 11 is 1.60. The van der Waals surface area contributed by atoms with Crippen LogP contribution in [0.15, 0.2) is 47.4 Å². The number of halogens is 1. The van der Waals surface area contributed by atoms with Gasteiger partial charge in [0.2, 0.25) is 5.91 Å². The fourth-order valence-electron chi connectivity index (χ4n) is 2.84. The van der Waals surface area contributed by atoms with E-state index in [1.54, 1.807) is 11.8 Å². The Bertz CT molecular complexity index is 664. The number of rotatable bonds is 4. The molecule has 0 bridgehead atoms. The van der Waals surface area contributed by atoms with E-state index >= 15 is 0 Å². The smallest absolute Gasteiger partial charge is 0.230 e. The van der Waals surface area contributed by atoms with Crippen molar-refractivity contribution in [1.29, 1.82) is 0 Å². The number of amides is 1. The minimum absolute atomic E-state index is 0. The summed E-state index contributed by atoms with van der Waals surface area (Å²) in [6.45, 7) is 4.15. The molecule has 1 heterocycles. The zero-order valence-corrected chi connectivity index (χ0v) is 14.9. The van der Waals surface area contributed by atoms with Gasteiger partial charge in [-0.15, -0.1) is 24.2 Å². The molecule has 2 unspecified atom stereocenters. The second-order valence-electron chi connectivity index (χ2n) is 5.94. The summed E-state index contributed by atoms with van der Waals surface area (Å²) in [5, 5.41) is 8.95. The molecule has 2 aromatic carbocycles. The van der Waals surface area contributed by atoms with Crippen LogP contribution in [0.25, 0.3) is 10.8 Å². The van der Waals surface area contributed by atoms with E-state index in [0.717, 1.165) is 24.4 Å². The summed E-state index contributed by atoms with van der Waals surface area (Å²) in [5.41, 5.74) is 0. The molecular formula is C18H23ClN2OS. The largest absolute Gasteiger partial charge is 0.351 e. The first-order valence-corrected chi connectivity index (χ1v) is 8.82. The lowest BCUT2D eigenvalue weighted by Gasteiger charge is -2.30. The Hall–Kier alpha value is -1.23. The number of carbonyl (C=O) groups is 1. The van der Waals surface area contributed by atoms with Gasteiger partial charge in [-0.05, 0) is 41.8 Å². The van der Waals surface area contributed by atoms with Crippen molar-refractivity contribution >= 4 is 40.8 Å². The van der Waals surface area contributed by atoms with E-state index in [-0.39, 0.29) is 24.4 Å². The van der Waals surface area contributed by atoms with Crippen molar-refractivity contribution in [3.8, 4) is 0 Å². The molecule has 2 N–H and O–H groups in total. The van der Waals surface area contributed by atoms with E-state index < -0.39 is 0 Å². The molecule has 1 saturated heterocycles. The second-order valence-corrected chi connectivity index (χ2v) is 6.99. The summed E-state index contributed by atoms with van der Waals surface area (Å²) in [5.74, 6) is 1.15. The van der Waals surface area contributed by atoms with E-state index in [9.17, 15) is 4.79 Å². The van der Waals surface area contributed by atoms with Gasteiger partial charge in [0.25, 0.3) is 0 Å². The maximum Gasteiger partial charge on any atom is 0.230 e. The average molecular weight is 351 g/mol. The summed E-state index contributed by atoms with van der Waals surface area (Å²) in [6.07, 6.45) is 1.13. The Morgan fingerprint density at radius 1 is 1.26 bits per heavy atom. The van der Waals surface area contributed by atoms with E-state index in [1.165, 1.54) is 10.8 Å². The quantitative estimate of drug-likeness (QED) is 0.829. The zero-order chi connectivity index (χ0) is 15.4. The van der Waals surface area contributed by atoms with Gasteiger partial charge in [0.15, 0.2) is 0 Å². The van der Waals surface area contributed by atoms with Crippen molar-refractivity contribution in [1.82, 2.24) is 10.6 Å². The molecule has 1 aliphatic rings. The molecule has 23 heavy (non-hydrogen) atoms. The summed E-state index contributed by atoms with van der Waals surface area (Å²) in [7, 11) is 0. The van der Waals surface area contributed by atoms with Crippen LogP contribution in [0.1, 0.15) is 13.3 Å². The summed E-state index contributed by atoms with van der Waals surface area (Å²) in [4.78, 5) is 13.3. The lowest BCUT2D eigenvalue weighted by molar-refractivity contribution is -0.119. The minimum Gasteiger partial charge on any atom is -0.351 e. The number of fused-ring (bicyclic) bond motifs is 1. The molecule has 0 aliphatic carbocycles. The fraction of sp³-hybridized carbons (Fsp3) is 0.389. The van der Waals surface area contributed by atoms with Crippen LogP contribution in [0.5, 0.6) is 0 Å². The Balaban J connectivity index is 0.00000192. The maximum atomic E-state index is 12.1. The molecule has 0 aromatic heterocycles. The van der Waals surface area contributed by atoms with Crippen molar-refractivity contribution in [2.24, 2.45) is 5.92 Å². The average Bonchev–Trinajstić information content (AvgIpc) is 2.55. The van der Waals surface area contributed by atoms with Gasteiger partial charge in [-0.25, -0.2) is 0 Å². The number of nitrogens with one attached hydrogen (secondary N) is 2. The van der Waals surface area contributed by atoms with Gasteiger partial charge >= 0.3 is 0 Å². The molecule has 124 valence electrons. The van der Waals surface area contributed by atoms with Crippen molar-refractivity contribution in [2.45, 2.75) is 24.3 Å². The van der Waals surface area contributed by atoms with Crippen LogP contribution in [0.3, 0.4) is 0 Å². The second kappa shape index (κ2) is 8.57. The minimum atomic E-state index is 0. The SMILES string of the molecule is CC1CCNCC1NC(=O)CSc1ccc2ccccc2c1.Cl. The predicted octanol–water partition coefficient (Wildman–Crippen LogP) is 3.47. The van der Waals surface area contributed by atoms with Crippen molar-refractivity contribution in [2.75, 3.05) is 18.8 Å². The van der Waals surface area contributed by atoms with E-state index in [1.807, 2.05) is 12.1 Å². The van der Waals surface area contributed by atoms with Crippen molar-refractivity contribution in [3.05, 3.63) is 42.5 Å². The predicted molar refractivity (Wildman–Crippen MR) is 101 cm³/mol. The molecule has 0 radical (unpaired) electrons. The van der Waals surface area contributed by atoms with Crippen molar-refractivity contribution < 1.29 is 4.79 Å². The number of thioether (sulfide) groups is 1. The van der Waals surface area contributed by atoms with Crippen LogP contribution in [0.2, 0.25) is 0 Å². The topological polar surface area (TPSA) is 41.1 Å². The Morgan fingerprint density at radius 3 is 2.83 bits per heavy atom. The lowest BCUT2D eigenvalue weighted by Crippen LogP contribution is -2.50. The van der Waals surface area contributed by atoms with Crippen LogP contribution in [0.4, 0.5) is 0 Å². The summed E-state index contributed by atoms with van der Waals surface area (Å²) in [6, 6.07) is 14.9. The first-order chi connectivity index (χ1) is 10.7. The highest BCUT2D eigenvalue weighted by atomic mass is 35.5. The molecule has 2 atom stereocenters. The van der Waals surface area contributed by atoms with Gasteiger partial charge in [-0.1, -0.05) is 37.3 Å². The van der Waals surface area contributed by atoms with Crippen LogP contribution >= 0.6 is 24.2 Å². The number of carbonyl (C=O) groups excluding carboxylic acids is 1. The molecule has 3 nitrogen and oxygen atoms in total. The normalized spacial score (nSPS) is 20.7. The third kappa shape index (κ3) is 4.87. The van der Waals surface area contributed by atoms with E-state index in [2.05, 4.69) is 47.9 Å². The number of benzene rings is 2. The molecule has 1 fully saturated rings. The van der Waals surface area contributed by atoms with Gasteiger partial charge < -0.3 is 10.6 Å². The highest BCUT2D eigenvalue weighted by Gasteiger charge is 2.22. The third-order valence-electron chi connectivity index (χ3n) is 4.26. The van der Waals surface area contributed by atoms with Crippen LogP contribution in [0, 0.1) is 5.92 Å². The van der Waals surface area contributed by atoms with E-state index in [0.29, 0.717) is 11.7 Å². The highest BCUT2D eigenvalue weighted by Crippen LogP contribution is 2.23.